The van der Waals surface area contributed by atoms with Crippen LogP contribution in [0.4, 0.5) is 5.69 Å². The summed E-state index contributed by atoms with van der Waals surface area (Å²) in [6.45, 7) is 0.489. The molecule has 0 aliphatic carbocycles. The van der Waals surface area contributed by atoms with Gasteiger partial charge in [-0.1, -0.05) is 6.07 Å². The molecular formula is C13H14N4O. The molecule has 2 N–H and O–H groups in total. The second-order valence-corrected chi connectivity index (χ2v) is 4.00. The Morgan fingerprint density at radius 3 is 2.89 bits per heavy atom. The van der Waals surface area contributed by atoms with E-state index < -0.39 is 0 Å². The minimum atomic E-state index is -0.161. The van der Waals surface area contributed by atoms with Gasteiger partial charge in [-0.25, -0.2) is 0 Å². The first-order valence-corrected chi connectivity index (χ1v) is 5.52. The highest BCUT2D eigenvalue weighted by atomic mass is 16.2. The second-order valence-electron chi connectivity index (χ2n) is 4.00. The van der Waals surface area contributed by atoms with Crippen LogP contribution in [0.15, 0.2) is 42.9 Å². The monoisotopic (exact) mass is 242 g/mol. The quantitative estimate of drug-likeness (QED) is 0.881. The number of carbonyl (C=O) groups excluding carboxylic acids is 1. The summed E-state index contributed by atoms with van der Waals surface area (Å²) in [5, 5.41) is 0. The highest BCUT2D eigenvalue weighted by molar-refractivity contribution is 5.92. The van der Waals surface area contributed by atoms with E-state index in [1.807, 2.05) is 12.1 Å². The average molecular weight is 242 g/mol. The van der Waals surface area contributed by atoms with Crippen molar-refractivity contribution in [3.8, 4) is 0 Å². The number of nitrogens with zero attached hydrogens (tertiary/aromatic N) is 3. The van der Waals surface area contributed by atoms with Gasteiger partial charge in [0.1, 0.15) is 5.69 Å². The Hall–Kier alpha value is -2.43. The third-order valence-electron chi connectivity index (χ3n) is 2.49. The number of amides is 1. The maximum Gasteiger partial charge on any atom is 0.272 e. The molecule has 0 aliphatic rings. The third-order valence-corrected chi connectivity index (χ3v) is 2.49. The van der Waals surface area contributed by atoms with Crippen LogP contribution in [-0.4, -0.2) is 27.8 Å². The van der Waals surface area contributed by atoms with Crippen molar-refractivity contribution in [2.24, 2.45) is 0 Å². The highest BCUT2D eigenvalue weighted by Crippen LogP contribution is 2.08. The van der Waals surface area contributed by atoms with Gasteiger partial charge in [0.05, 0.1) is 0 Å². The lowest BCUT2D eigenvalue weighted by molar-refractivity contribution is 0.0779. The lowest BCUT2D eigenvalue weighted by Gasteiger charge is -2.16. The Kier molecular flexibility index (Phi) is 3.52. The van der Waals surface area contributed by atoms with E-state index in [0.29, 0.717) is 17.9 Å². The van der Waals surface area contributed by atoms with Gasteiger partial charge in [0.2, 0.25) is 0 Å². The van der Waals surface area contributed by atoms with Crippen LogP contribution in [0.5, 0.6) is 0 Å². The lowest BCUT2D eigenvalue weighted by Crippen LogP contribution is -2.27. The van der Waals surface area contributed by atoms with Gasteiger partial charge in [-0.15, -0.1) is 0 Å². The standard InChI is InChI=1S/C13H14N4O/c1-17(9-10-3-2-5-15-8-10)13(18)12-7-11(14)4-6-16-12/h2-8H,9H2,1H3,(H2,14,16). The molecule has 2 heterocycles. The number of nitrogens with two attached hydrogens (primary N) is 1. The minimum absolute atomic E-state index is 0.161. The molecule has 0 aromatic carbocycles. The van der Waals surface area contributed by atoms with Gasteiger partial charge < -0.3 is 10.6 Å². The predicted molar refractivity (Wildman–Crippen MR) is 68.7 cm³/mol. The van der Waals surface area contributed by atoms with Crippen molar-refractivity contribution in [2.45, 2.75) is 6.54 Å². The molecule has 0 spiro atoms. The molecule has 2 rings (SSSR count). The molecule has 0 saturated heterocycles. The molecular weight excluding hydrogens is 228 g/mol. The summed E-state index contributed by atoms with van der Waals surface area (Å²) in [4.78, 5) is 21.7. The average Bonchev–Trinajstić information content (AvgIpc) is 2.39. The van der Waals surface area contributed by atoms with Crippen molar-refractivity contribution in [1.29, 1.82) is 0 Å². The van der Waals surface area contributed by atoms with E-state index >= 15 is 0 Å². The Morgan fingerprint density at radius 1 is 1.39 bits per heavy atom. The Bertz CT molecular complexity index is 542. The summed E-state index contributed by atoms with van der Waals surface area (Å²) >= 11 is 0. The molecule has 5 nitrogen and oxygen atoms in total. The Labute approximate surface area is 105 Å². The van der Waals surface area contributed by atoms with Crippen molar-refractivity contribution in [1.82, 2.24) is 14.9 Å². The fourth-order valence-corrected chi connectivity index (χ4v) is 1.60. The number of pyridine rings is 2. The van der Waals surface area contributed by atoms with Gasteiger partial charge in [0.25, 0.3) is 5.91 Å². The van der Waals surface area contributed by atoms with Crippen LogP contribution in [0.3, 0.4) is 0 Å². The number of hydrogen-bond acceptors (Lipinski definition) is 4. The molecule has 0 aliphatic heterocycles. The first-order valence-electron chi connectivity index (χ1n) is 5.52. The maximum atomic E-state index is 12.1. The molecule has 0 radical (unpaired) electrons. The van der Waals surface area contributed by atoms with Crippen LogP contribution in [0, 0.1) is 0 Å². The summed E-state index contributed by atoms with van der Waals surface area (Å²) in [6, 6.07) is 6.98. The van der Waals surface area contributed by atoms with Gasteiger partial charge >= 0.3 is 0 Å². The van der Waals surface area contributed by atoms with Gasteiger partial charge in [0.15, 0.2) is 0 Å². The van der Waals surface area contributed by atoms with Crippen molar-refractivity contribution in [2.75, 3.05) is 12.8 Å². The van der Waals surface area contributed by atoms with E-state index in [-0.39, 0.29) is 5.91 Å². The van der Waals surface area contributed by atoms with Crippen molar-refractivity contribution in [3.05, 3.63) is 54.1 Å². The molecule has 2 aromatic heterocycles. The van der Waals surface area contributed by atoms with E-state index in [4.69, 9.17) is 5.73 Å². The highest BCUT2D eigenvalue weighted by Gasteiger charge is 2.13. The Morgan fingerprint density at radius 2 is 2.22 bits per heavy atom. The fourth-order valence-electron chi connectivity index (χ4n) is 1.60. The number of aromatic nitrogens is 2. The summed E-state index contributed by atoms with van der Waals surface area (Å²) in [5.41, 5.74) is 7.48. The molecule has 0 atom stereocenters. The molecule has 2 aromatic rings. The van der Waals surface area contributed by atoms with Crippen LogP contribution in [0.25, 0.3) is 0 Å². The number of nitrogen functional groups attached to an aromatic ring is 1. The van der Waals surface area contributed by atoms with E-state index in [2.05, 4.69) is 9.97 Å². The zero-order valence-corrected chi connectivity index (χ0v) is 10.1. The zero-order chi connectivity index (χ0) is 13.0. The van der Waals surface area contributed by atoms with E-state index in [1.54, 1.807) is 36.5 Å². The smallest absolute Gasteiger partial charge is 0.272 e. The molecule has 0 fully saturated rings. The van der Waals surface area contributed by atoms with Crippen LogP contribution in [0.2, 0.25) is 0 Å². The predicted octanol–water partition coefficient (Wildman–Crippen LogP) is 1.33. The van der Waals surface area contributed by atoms with Crippen molar-refractivity contribution >= 4 is 11.6 Å². The normalized spacial score (nSPS) is 10.1. The number of rotatable bonds is 3. The van der Waals surface area contributed by atoms with Crippen molar-refractivity contribution < 1.29 is 4.79 Å². The largest absolute Gasteiger partial charge is 0.399 e. The van der Waals surface area contributed by atoms with E-state index in [9.17, 15) is 4.79 Å². The summed E-state index contributed by atoms with van der Waals surface area (Å²) in [6.07, 6.45) is 4.96. The fraction of sp³-hybridized carbons (Fsp3) is 0.154. The van der Waals surface area contributed by atoms with E-state index in [1.165, 1.54) is 6.20 Å². The maximum absolute atomic E-state index is 12.1. The molecule has 92 valence electrons. The van der Waals surface area contributed by atoms with Crippen LogP contribution >= 0.6 is 0 Å². The van der Waals surface area contributed by atoms with Gasteiger partial charge in [-0.2, -0.15) is 0 Å². The lowest BCUT2D eigenvalue weighted by atomic mass is 10.2. The summed E-state index contributed by atoms with van der Waals surface area (Å²) in [5.74, 6) is -0.161. The molecule has 0 bridgehead atoms. The second kappa shape index (κ2) is 5.27. The Balaban J connectivity index is 2.10. The topological polar surface area (TPSA) is 72.1 Å². The number of hydrogen-bond donors (Lipinski definition) is 1. The zero-order valence-electron chi connectivity index (χ0n) is 10.1. The summed E-state index contributed by atoms with van der Waals surface area (Å²) < 4.78 is 0. The molecule has 18 heavy (non-hydrogen) atoms. The van der Waals surface area contributed by atoms with Gasteiger partial charge in [-0.3, -0.25) is 14.8 Å². The third kappa shape index (κ3) is 2.82. The van der Waals surface area contributed by atoms with Gasteiger partial charge in [0, 0.05) is 37.9 Å². The van der Waals surface area contributed by atoms with Crippen LogP contribution < -0.4 is 5.73 Å². The van der Waals surface area contributed by atoms with Crippen LogP contribution in [0.1, 0.15) is 16.1 Å². The first-order chi connectivity index (χ1) is 8.66. The van der Waals surface area contributed by atoms with Crippen molar-refractivity contribution in [3.63, 3.8) is 0 Å². The first kappa shape index (κ1) is 12.0. The molecule has 1 amide bonds. The molecule has 0 saturated carbocycles. The van der Waals surface area contributed by atoms with Crippen LogP contribution in [-0.2, 0) is 6.54 Å². The number of anilines is 1. The number of carbonyl (C=O) groups is 1. The summed E-state index contributed by atoms with van der Waals surface area (Å²) in [7, 11) is 1.72. The van der Waals surface area contributed by atoms with Gasteiger partial charge in [-0.05, 0) is 23.8 Å². The molecule has 5 heteroatoms. The SMILES string of the molecule is CN(Cc1cccnc1)C(=O)c1cc(N)ccn1. The van der Waals surface area contributed by atoms with E-state index in [0.717, 1.165) is 5.56 Å². The minimum Gasteiger partial charge on any atom is -0.399 e. The molecule has 0 unspecified atom stereocenters.